The number of carbonyl (C=O) groups excluding carboxylic acids is 1. The van der Waals surface area contributed by atoms with E-state index in [4.69, 9.17) is 0 Å². The van der Waals surface area contributed by atoms with Crippen LogP contribution in [0, 0.1) is 0 Å². The molecular formula is CH3IN2O. The number of hydrogen-bond donors (Lipinski definition) is 2. The van der Waals surface area contributed by atoms with Gasteiger partial charge in [0, 0.05) is 22.9 Å². The van der Waals surface area contributed by atoms with Crippen LogP contribution in [0.2, 0.25) is 0 Å². The molecule has 0 spiro atoms. The van der Waals surface area contributed by atoms with Gasteiger partial charge in [0.25, 0.3) is 0 Å². The van der Waals surface area contributed by atoms with Crippen LogP contribution in [0.5, 0.6) is 0 Å². The summed E-state index contributed by atoms with van der Waals surface area (Å²) in [5.41, 5.74) is 2.17. The second-order valence-corrected chi connectivity index (χ2v) is 0.896. The minimum atomic E-state index is 0.562. The summed E-state index contributed by atoms with van der Waals surface area (Å²) in [6.07, 6.45) is 0.562. The lowest BCUT2D eigenvalue weighted by Gasteiger charge is -1.80. The standard InChI is InChI=1S/CH3IN2O/c2-4-3-1-5/h1,4H,(H,3,5). The van der Waals surface area contributed by atoms with E-state index in [1.165, 1.54) is 0 Å². The molecule has 0 aromatic heterocycles. The largest absolute Gasteiger partial charge is 0.285 e. The van der Waals surface area contributed by atoms with Gasteiger partial charge in [-0.2, -0.15) is 3.64 Å². The van der Waals surface area contributed by atoms with Crippen molar-refractivity contribution in [3.63, 3.8) is 0 Å². The van der Waals surface area contributed by atoms with Gasteiger partial charge in [-0.15, -0.1) is 0 Å². The van der Waals surface area contributed by atoms with Gasteiger partial charge >= 0.3 is 0 Å². The zero-order valence-corrected chi connectivity index (χ0v) is 4.52. The summed E-state index contributed by atoms with van der Waals surface area (Å²) >= 11 is 1.80. The Labute approximate surface area is 43.6 Å². The molecule has 0 aliphatic rings. The normalized spacial score (nSPS) is 6.60. The van der Waals surface area contributed by atoms with E-state index in [1.54, 1.807) is 22.9 Å². The monoisotopic (exact) mass is 186 g/mol. The molecule has 0 saturated heterocycles. The molecule has 0 fully saturated rings. The summed E-state index contributed by atoms with van der Waals surface area (Å²) in [5.74, 6) is 0. The highest BCUT2D eigenvalue weighted by Crippen LogP contribution is 1.52. The molecule has 0 radical (unpaired) electrons. The number of carbonyl (C=O) groups is 1. The summed E-state index contributed by atoms with van der Waals surface area (Å²) in [6.45, 7) is 0. The number of halogens is 1. The van der Waals surface area contributed by atoms with Crippen molar-refractivity contribution in [1.82, 2.24) is 9.06 Å². The maximum atomic E-state index is 9.23. The summed E-state index contributed by atoms with van der Waals surface area (Å²) in [5, 5.41) is 0. The number of rotatable bonds is 2. The van der Waals surface area contributed by atoms with E-state index in [-0.39, 0.29) is 0 Å². The molecule has 0 bridgehead atoms. The topological polar surface area (TPSA) is 41.1 Å². The molecular weight excluding hydrogens is 183 g/mol. The molecule has 30 valence electrons. The lowest BCUT2D eigenvalue weighted by Crippen LogP contribution is -2.18. The van der Waals surface area contributed by atoms with Gasteiger partial charge < -0.3 is 0 Å². The summed E-state index contributed by atoms with van der Waals surface area (Å²) in [4.78, 5) is 9.23. The average Bonchev–Trinajstić information content (AvgIpc) is 1.41. The molecule has 0 aliphatic carbocycles. The maximum absolute atomic E-state index is 9.23. The first-order chi connectivity index (χ1) is 2.41. The van der Waals surface area contributed by atoms with E-state index in [0.717, 1.165) is 0 Å². The Morgan fingerprint density at radius 3 is 2.40 bits per heavy atom. The van der Waals surface area contributed by atoms with E-state index < -0.39 is 0 Å². The first kappa shape index (κ1) is 5.16. The second kappa shape index (κ2) is 4.16. The second-order valence-electron chi connectivity index (χ2n) is 0.357. The molecule has 2 N–H and O–H groups in total. The molecule has 5 heavy (non-hydrogen) atoms. The molecule has 0 heterocycles. The Kier molecular flexibility index (Phi) is 4.29. The quantitative estimate of drug-likeness (QED) is 0.266. The van der Waals surface area contributed by atoms with Crippen molar-refractivity contribution >= 4 is 29.3 Å². The highest BCUT2D eigenvalue weighted by atomic mass is 127. The van der Waals surface area contributed by atoms with Crippen LogP contribution >= 0.6 is 22.9 Å². The molecule has 3 nitrogen and oxygen atoms in total. The fraction of sp³-hybridized carbons (Fsp3) is 0. The highest BCUT2D eigenvalue weighted by molar-refractivity contribution is 14.1. The zero-order chi connectivity index (χ0) is 4.12. The van der Waals surface area contributed by atoms with Crippen LogP contribution in [-0.4, -0.2) is 6.41 Å². The fourth-order valence-electron chi connectivity index (χ4n) is 0.0223. The first-order valence-electron chi connectivity index (χ1n) is 0.963. The van der Waals surface area contributed by atoms with Crippen LogP contribution in [0.3, 0.4) is 0 Å². The average molecular weight is 186 g/mol. The van der Waals surface area contributed by atoms with Gasteiger partial charge in [-0.25, -0.2) is 0 Å². The maximum Gasteiger partial charge on any atom is 0.221 e. The number of hydrogen-bond acceptors (Lipinski definition) is 2. The highest BCUT2D eigenvalue weighted by Gasteiger charge is 1.57. The predicted octanol–water partition coefficient (Wildman–Crippen LogP) is -0.413. The molecule has 0 saturated carbocycles. The zero-order valence-electron chi connectivity index (χ0n) is 2.36. The third kappa shape index (κ3) is 4.16. The Balaban J connectivity index is 2.40. The van der Waals surface area contributed by atoms with Crippen molar-refractivity contribution in [2.75, 3.05) is 0 Å². The SMILES string of the molecule is O=CNNI. The molecule has 0 atom stereocenters. The van der Waals surface area contributed by atoms with Gasteiger partial charge in [0.05, 0.1) is 0 Å². The van der Waals surface area contributed by atoms with Crippen LogP contribution in [-0.2, 0) is 4.79 Å². The van der Waals surface area contributed by atoms with Crippen LogP contribution < -0.4 is 9.06 Å². The molecule has 0 aromatic carbocycles. The van der Waals surface area contributed by atoms with Crippen molar-refractivity contribution in [2.45, 2.75) is 0 Å². The molecule has 4 heteroatoms. The Bertz CT molecular complexity index is 30.8. The van der Waals surface area contributed by atoms with Crippen LogP contribution in [0.25, 0.3) is 0 Å². The van der Waals surface area contributed by atoms with E-state index in [1.807, 2.05) is 0 Å². The number of nitrogens with one attached hydrogen (secondary N) is 2. The molecule has 0 unspecified atom stereocenters. The van der Waals surface area contributed by atoms with Gasteiger partial charge in [0.15, 0.2) is 0 Å². The minimum absolute atomic E-state index is 0.562. The molecule has 0 aliphatic heterocycles. The number of amides is 1. The summed E-state index contributed by atoms with van der Waals surface area (Å²) in [6, 6.07) is 0. The van der Waals surface area contributed by atoms with Crippen LogP contribution in [0.4, 0.5) is 0 Å². The van der Waals surface area contributed by atoms with Crippen LogP contribution in [0.1, 0.15) is 0 Å². The fourth-order valence-corrected chi connectivity index (χ4v) is 0.149. The third-order valence-corrected chi connectivity index (χ3v) is 0.425. The minimum Gasteiger partial charge on any atom is -0.285 e. The van der Waals surface area contributed by atoms with Crippen LogP contribution in [0.15, 0.2) is 0 Å². The van der Waals surface area contributed by atoms with E-state index in [2.05, 4.69) is 9.06 Å². The van der Waals surface area contributed by atoms with Gasteiger partial charge in [0.2, 0.25) is 6.41 Å². The Morgan fingerprint density at radius 1 is 1.80 bits per heavy atom. The number of hydrazine groups is 1. The van der Waals surface area contributed by atoms with Gasteiger partial charge in [-0.05, 0) is 0 Å². The smallest absolute Gasteiger partial charge is 0.221 e. The van der Waals surface area contributed by atoms with Crippen molar-refractivity contribution < 1.29 is 4.79 Å². The lowest BCUT2D eigenvalue weighted by atomic mass is 11.4. The third-order valence-electron chi connectivity index (χ3n) is 0.113. The van der Waals surface area contributed by atoms with E-state index >= 15 is 0 Å². The van der Waals surface area contributed by atoms with Crippen molar-refractivity contribution in [1.29, 1.82) is 0 Å². The summed E-state index contributed by atoms with van der Waals surface area (Å²) < 4.78 is 2.37. The van der Waals surface area contributed by atoms with Crippen molar-refractivity contribution in [3.05, 3.63) is 0 Å². The first-order valence-corrected chi connectivity index (χ1v) is 2.04. The molecule has 1 amide bonds. The van der Waals surface area contributed by atoms with E-state index in [9.17, 15) is 4.79 Å². The Morgan fingerprint density at radius 2 is 2.40 bits per heavy atom. The van der Waals surface area contributed by atoms with Crippen molar-refractivity contribution in [2.24, 2.45) is 0 Å². The Hall–Kier alpha value is 0.160. The van der Waals surface area contributed by atoms with Gasteiger partial charge in [-0.1, -0.05) is 0 Å². The van der Waals surface area contributed by atoms with E-state index in [0.29, 0.717) is 6.41 Å². The summed E-state index contributed by atoms with van der Waals surface area (Å²) in [7, 11) is 0. The molecule has 0 aromatic rings. The van der Waals surface area contributed by atoms with Crippen molar-refractivity contribution in [3.8, 4) is 0 Å². The predicted molar refractivity (Wildman–Crippen MR) is 26.4 cm³/mol. The lowest BCUT2D eigenvalue weighted by molar-refractivity contribution is -0.109. The van der Waals surface area contributed by atoms with Gasteiger partial charge in [-0.3, -0.25) is 10.2 Å². The van der Waals surface area contributed by atoms with Gasteiger partial charge in [0.1, 0.15) is 0 Å². The molecule has 0 rings (SSSR count).